The Kier molecular flexibility index (Phi) is 2.82. The molecule has 2 nitrogen and oxygen atoms in total. The number of hydrogen-bond donors (Lipinski definition) is 0. The van der Waals surface area contributed by atoms with Crippen LogP contribution in [-0.2, 0) is 23.6 Å². The molecule has 2 aliphatic heterocycles. The molecule has 0 amide bonds. The summed E-state index contributed by atoms with van der Waals surface area (Å²) < 4.78 is 7.07. The third-order valence-electron chi connectivity index (χ3n) is 3.83. The van der Waals surface area contributed by atoms with Crippen LogP contribution in [0.4, 0.5) is 0 Å². The van der Waals surface area contributed by atoms with Gasteiger partial charge in [-0.1, -0.05) is 60.0 Å². The third kappa shape index (κ3) is 1.56. The maximum Gasteiger partial charge on any atom is 0.145 e. The quantitative estimate of drug-likeness (QED) is 0.668. The monoisotopic (exact) mass is 354 g/mol. The van der Waals surface area contributed by atoms with Crippen LogP contribution in [0.3, 0.4) is 0 Å². The van der Waals surface area contributed by atoms with Gasteiger partial charge in [0.25, 0.3) is 0 Å². The lowest BCUT2D eigenvalue weighted by Crippen LogP contribution is -2.32. The van der Waals surface area contributed by atoms with E-state index in [0.29, 0.717) is 0 Å². The van der Waals surface area contributed by atoms with Crippen molar-refractivity contribution in [3.63, 3.8) is 0 Å². The van der Waals surface area contributed by atoms with Crippen LogP contribution in [0, 0.1) is 0 Å². The summed E-state index contributed by atoms with van der Waals surface area (Å²) in [4.78, 5) is 0. The summed E-state index contributed by atoms with van der Waals surface area (Å²) in [6.07, 6.45) is 0. The zero-order chi connectivity index (χ0) is 14.1. The van der Waals surface area contributed by atoms with Crippen LogP contribution >= 0.6 is 21.8 Å². The Bertz CT molecular complexity index is 885. The summed E-state index contributed by atoms with van der Waals surface area (Å²) in [6, 6.07) is 12.8. The van der Waals surface area contributed by atoms with Crippen LogP contribution in [0.15, 0.2) is 41.2 Å². The minimum atomic E-state index is -1.99. The molecule has 2 unspecified atom stereocenters. The molecule has 2 heterocycles. The maximum atomic E-state index is 6.12. The number of fused-ring (bicyclic) bond motifs is 4. The van der Waals surface area contributed by atoms with Crippen LogP contribution in [0.2, 0.25) is 0 Å². The largest absolute Gasteiger partial charge is 0.324 e. The van der Waals surface area contributed by atoms with Crippen molar-refractivity contribution in [3.05, 3.63) is 36.4 Å². The lowest BCUT2D eigenvalue weighted by atomic mass is 10.1. The Labute approximate surface area is 132 Å². The Morgan fingerprint density at radius 2 is 1.75 bits per heavy atom. The smallest absolute Gasteiger partial charge is 0.145 e. The molecule has 7 heteroatoms. The van der Waals surface area contributed by atoms with E-state index in [-0.39, 0.29) is 0 Å². The fourth-order valence-corrected chi connectivity index (χ4v) is 23.6. The molecular formula is C13H12N2P2S3. The normalized spacial score (nSPS) is 31.3. The van der Waals surface area contributed by atoms with Crippen molar-refractivity contribution >= 4 is 72.6 Å². The summed E-state index contributed by atoms with van der Waals surface area (Å²) >= 11 is 13.9. The van der Waals surface area contributed by atoms with Crippen LogP contribution < -0.4 is 10.6 Å². The first kappa shape index (κ1) is 13.5. The molecule has 0 saturated heterocycles. The summed E-state index contributed by atoms with van der Waals surface area (Å²) in [5, 5.41) is 1.18. The predicted molar refractivity (Wildman–Crippen MR) is 100 cm³/mol. The molecule has 20 heavy (non-hydrogen) atoms. The zero-order valence-corrected chi connectivity index (χ0v) is 15.2. The highest BCUT2D eigenvalue weighted by Gasteiger charge is 2.44. The maximum absolute atomic E-state index is 6.12. The standard InChI is InChI=1S/C13H12N2P2S3/c1-9-14-16(18)11-7-3-5-10-6-4-8-12(13(10)11)17(19,20-16)15(9)2/h3-8H,1-2H3. The number of amidine groups is 1. The summed E-state index contributed by atoms with van der Waals surface area (Å²) in [6.45, 7) is 2.04. The van der Waals surface area contributed by atoms with E-state index < -0.39 is 10.8 Å². The lowest BCUT2D eigenvalue weighted by Gasteiger charge is -2.44. The van der Waals surface area contributed by atoms with E-state index in [4.69, 9.17) is 28.4 Å². The van der Waals surface area contributed by atoms with Gasteiger partial charge < -0.3 is 4.67 Å². The topological polar surface area (TPSA) is 15.6 Å². The SMILES string of the molecule is CC1=NP2(=S)SP(=S)(c3cccc4cccc2c34)N1C. The van der Waals surface area contributed by atoms with Gasteiger partial charge in [0.05, 0.1) is 0 Å². The molecule has 102 valence electrons. The Balaban J connectivity index is 2.28. The Hall–Kier alpha value is -0.180. The molecule has 0 spiro atoms. The summed E-state index contributed by atoms with van der Waals surface area (Å²) in [5.74, 6) is 1.00. The molecule has 4 rings (SSSR count). The van der Waals surface area contributed by atoms with E-state index in [0.717, 1.165) is 5.84 Å². The van der Waals surface area contributed by atoms with Gasteiger partial charge in [-0.15, -0.1) is 0 Å². The van der Waals surface area contributed by atoms with Crippen molar-refractivity contribution < 1.29 is 0 Å². The molecule has 2 atom stereocenters. The number of rotatable bonds is 0. The molecule has 0 saturated carbocycles. The fourth-order valence-electron chi connectivity index (χ4n) is 2.74. The summed E-state index contributed by atoms with van der Waals surface area (Å²) in [5.41, 5.74) is 0. The van der Waals surface area contributed by atoms with Gasteiger partial charge in [-0.05, 0) is 23.3 Å². The molecule has 2 aromatic carbocycles. The number of nitrogens with zero attached hydrogens (tertiary/aromatic N) is 2. The fraction of sp³-hybridized carbons (Fsp3) is 0.154. The molecule has 2 bridgehead atoms. The van der Waals surface area contributed by atoms with E-state index in [1.807, 2.05) is 6.92 Å². The van der Waals surface area contributed by atoms with Gasteiger partial charge in [-0.2, -0.15) is 0 Å². The average Bonchev–Trinajstić information content (AvgIpc) is 2.42. The molecule has 0 aromatic heterocycles. The second kappa shape index (κ2) is 4.18. The van der Waals surface area contributed by atoms with Gasteiger partial charge in [0, 0.05) is 23.0 Å². The Morgan fingerprint density at radius 3 is 2.45 bits per heavy atom. The minimum Gasteiger partial charge on any atom is -0.324 e. The van der Waals surface area contributed by atoms with Crippen molar-refractivity contribution in [2.45, 2.75) is 6.92 Å². The number of hydrogen-bond acceptors (Lipinski definition) is 3. The molecule has 0 fully saturated rings. The van der Waals surface area contributed by atoms with Crippen LogP contribution in [0.25, 0.3) is 10.8 Å². The van der Waals surface area contributed by atoms with Crippen LogP contribution in [0.5, 0.6) is 0 Å². The van der Waals surface area contributed by atoms with Crippen molar-refractivity contribution in [2.24, 2.45) is 4.76 Å². The van der Waals surface area contributed by atoms with E-state index in [2.05, 4.69) is 48.1 Å². The Morgan fingerprint density at radius 1 is 1.10 bits per heavy atom. The summed E-state index contributed by atoms with van der Waals surface area (Å²) in [7, 11) is 2.07. The highest BCUT2D eigenvalue weighted by Crippen LogP contribution is 2.83. The lowest BCUT2D eigenvalue weighted by molar-refractivity contribution is 0.827. The first-order valence-corrected chi connectivity index (χ1v) is 13.7. The van der Waals surface area contributed by atoms with Gasteiger partial charge in [0.15, 0.2) is 0 Å². The predicted octanol–water partition coefficient (Wildman–Crippen LogP) is 3.82. The third-order valence-corrected chi connectivity index (χ3v) is 21.1. The van der Waals surface area contributed by atoms with Crippen molar-refractivity contribution in [1.29, 1.82) is 0 Å². The molecule has 0 aliphatic carbocycles. The zero-order valence-electron chi connectivity index (χ0n) is 11.0. The van der Waals surface area contributed by atoms with Crippen LogP contribution in [-0.4, -0.2) is 17.6 Å². The van der Waals surface area contributed by atoms with E-state index in [1.54, 1.807) is 11.0 Å². The first-order valence-electron chi connectivity index (χ1n) is 6.21. The van der Waals surface area contributed by atoms with Crippen molar-refractivity contribution in [1.82, 2.24) is 4.67 Å². The van der Waals surface area contributed by atoms with Gasteiger partial charge in [-0.25, -0.2) is 4.76 Å². The number of benzene rings is 2. The second-order valence-electron chi connectivity index (χ2n) is 4.95. The molecule has 2 aromatic rings. The van der Waals surface area contributed by atoms with Crippen molar-refractivity contribution in [3.8, 4) is 0 Å². The molecule has 0 radical (unpaired) electrons. The average molecular weight is 354 g/mol. The van der Waals surface area contributed by atoms with Crippen molar-refractivity contribution in [2.75, 3.05) is 7.05 Å². The van der Waals surface area contributed by atoms with Gasteiger partial charge >= 0.3 is 0 Å². The molecule has 2 aliphatic rings. The highest BCUT2D eigenvalue weighted by atomic mass is 33.2. The van der Waals surface area contributed by atoms with Crippen LogP contribution in [0.1, 0.15) is 6.92 Å². The van der Waals surface area contributed by atoms with Gasteiger partial charge in [0.2, 0.25) is 0 Å². The first-order chi connectivity index (χ1) is 9.46. The molecular weight excluding hydrogens is 342 g/mol. The minimum absolute atomic E-state index is 1.00. The van der Waals surface area contributed by atoms with E-state index in [1.165, 1.54) is 21.4 Å². The van der Waals surface area contributed by atoms with Gasteiger partial charge in [-0.3, -0.25) is 0 Å². The van der Waals surface area contributed by atoms with E-state index in [9.17, 15) is 0 Å². The van der Waals surface area contributed by atoms with Gasteiger partial charge in [0.1, 0.15) is 16.6 Å². The highest BCUT2D eigenvalue weighted by molar-refractivity contribution is 9.01. The second-order valence-corrected chi connectivity index (χ2v) is 18.6. The molecule has 0 N–H and O–H groups in total. The van der Waals surface area contributed by atoms with E-state index >= 15 is 0 Å².